The van der Waals surface area contributed by atoms with E-state index in [4.69, 9.17) is 0 Å². The SMILES string of the molecule is CC1CCCC1Nc1ccc2c(c1)CCC(=O)N2. The first kappa shape index (κ1) is 11.6. The van der Waals surface area contributed by atoms with Gasteiger partial charge in [0.15, 0.2) is 0 Å². The molecule has 1 heterocycles. The number of carbonyl (C=O) groups excluding carboxylic acids is 1. The molecule has 1 saturated carbocycles. The molecule has 2 aliphatic rings. The minimum Gasteiger partial charge on any atom is -0.382 e. The Morgan fingerprint density at radius 3 is 2.94 bits per heavy atom. The quantitative estimate of drug-likeness (QED) is 0.839. The van der Waals surface area contributed by atoms with Gasteiger partial charge in [-0.25, -0.2) is 0 Å². The first-order chi connectivity index (χ1) is 8.72. The van der Waals surface area contributed by atoms with Crippen molar-refractivity contribution in [3.05, 3.63) is 23.8 Å². The van der Waals surface area contributed by atoms with Crippen molar-refractivity contribution >= 4 is 17.3 Å². The summed E-state index contributed by atoms with van der Waals surface area (Å²) in [5.41, 5.74) is 3.44. The topological polar surface area (TPSA) is 41.1 Å². The number of amides is 1. The smallest absolute Gasteiger partial charge is 0.224 e. The van der Waals surface area contributed by atoms with Gasteiger partial charge in [-0.2, -0.15) is 0 Å². The standard InChI is InChI=1S/C15H20N2O/c1-10-3-2-4-13(10)16-12-6-7-14-11(9-12)5-8-15(18)17-14/h6-7,9-10,13,16H,2-5,8H2,1H3,(H,17,18). The fourth-order valence-electron chi connectivity index (χ4n) is 3.05. The molecular weight excluding hydrogens is 224 g/mol. The number of aryl methyl sites for hydroxylation is 1. The Morgan fingerprint density at radius 2 is 2.17 bits per heavy atom. The zero-order valence-corrected chi connectivity index (χ0v) is 10.8. The Balaban J connectivity index is 1.76. The molecule has 0 bridgehead atoms. The van der Waals surface area contributed by atoms with Gasteiger partial charge in [-0.05, 0) is 48.9 Å². The minimum absolute atomic E-state index is 0.132. The van der Waals surface area contributed by atoms with Gasteiger partial charge >= 0.3 is 0 Å². The summed E-state index contributed by atoms with van der Waals surface area (Å²) in [5.74, 6) is 0.897. The maximum absolute atomic E-state index is 11.3. The average Bonchev–Trinajstić information content (AvgIpc) is 2.75. The van der Waals surface area contributed by atoms with Crippen molar-refractivity contribution in [3.63, 3.8) is 0 Å². The fraction of sp³-hybridized carbons (Fsp3) is 0.533. The fourth-order valence-corrected chi connectivity index (χ4v) is 3.05. The van der Waals surface area contributed by atoms with E-state index in [0.29, 0.717) is 12.5 Å². The minimum atomic E-state index is 0.132. The van der Waals surface area contributed by atoms with Crippen LogP contribution in [0, 0.1) is 5.92 Å². The van der Waals surface area contributed by atoms with Crippen LogP contribution in [0.1, 0.15) is 38.2 Å². The number of carbonyl (C=O) groups is 1. The van der Waals surface area contributed by atoms with Gasteiger partial charge in [-0.3, -0.25) is 4.79 Å². The van der Waals surface area contributed by atoms with Crippen molar-refractivity contribution in [3.8, 4) is 0 Å². The molecule has 3 nitrogen and oxygen atoms in total. The molecule has 96 valence electrons. The molecule has 2 unspecified atom stereocenters. The van der Waals surface area contributed by atoms with Crippen LogP contribution in [0.25, 0.3) is 0 Å². The Kier molecular flexibility index (Phi) is 2.98. The molecule has 0 spiro atoms. The number of rotatable bonds is 2. The third-order valence-corrected chi connectivity index (χ3v) is 4.21. The maximum atomic E-state index is 11.3. The van der Waals surface area contributed by atoms with Crippen LogP contribution >= 0.6 is 0 Å². The second kappa shape index (κ2) is 4.63. The molecule has 3 heteroatoms. The third-order valence-electron chi connectivity index (χ3n) is 4.21. The molecule has 1 fully saturated rings. The monoisotopic (exact) mass is 244 g/mol. The van der Waals surface area contributed by atoms with E-state index in [-0.39, 0.29) is 5.91 Å². The summed E-state index contributed by atoms with van der Waals surface area (Å²) in [4.78, 5) is 11.3. The Hall–Kier alpha value is -1.51. The molecule has 2 atom stereocenters. The van der Waals surface area contributed by atoms with Crippen LogP contribution in [0.5, 0.6) is 0 Å². The van der Waals surface area contributed by atoms with Gasteiger partial charge in [0.25, 0.3) is 0 Å². The molecule has 0 saturated heterocycles. The molecular formula is C15H20N2O. The molecule has 0 radical (unpaired) electrons. The highest BCUT2D eigenvalue weighted by Crippen LogP contribution is 2.30. The highest BCUT2D eigenvalue weighted by Gasteiger charge is 2.23. The lowest BCUT2D eigenvalue weighted by Crippen LogP contribution is -2.23. The highest BCUT2D eigenvalue weighted by atomic mass is 16.1. The molecule has 1 aliphatic heterocycles. The third kappa shape index (κ3) is 2.22. The summed E-state index contributed by atoms with van der Waals surface area (Å²) in [7, 11) is 0. The van der Waals surface area contributed by atoms with Crippen LogP contribution in [0.4, 0.5) is 11.4 Å². The Labute approximate surface area is 108 Å². The van der Waals surface area contributed by atoms with Crippen molar-refractivity contribution in [1.82, 2.24) is 0 Å². The normalized spacial score (nSPS) is 26.6. The van der Waals surface area contributed by atoms with E-state index < -0.39 is 0 Å². The molecule has 18 heavy (non-hydrogen) atoms. The lowest BCUT2D eigenvalue weighted by molar-refractivity contribution is -0.116. The lowest BCUT2D eigenvalue weighted by atomic mass is 10.0. The lowest BCUT2D eigenvalue weighted by Gasteiger charge is -2.22. The largest absolute Gasteiger partial charge is 0.382 e. The number of hydrogen-bond donors (Lipinski definition) is 2. The van der Waals surface area contributed by atoms with E-state index in [9.17, 15) is 4.79 Å². The molecule has 3 rings (SSSR count). The van der Waals surface area contributed by atoms with E-state index in [1.165, 1.54) is 30.5 Å². The number of nitrogens with one attached hydrogen (secondary N) is 2. The molecule has 1 amide bonds. The van der Waals surface area contributed by atoms with Gasteiger partial charge in [-0.1, -0.05) is 13.3 Å². The van der Waals surface area contributed by atoms with Crippen LogP contribution in [0.15, 0.2) is 18.2 Å². The molecule has 1 aromatic rings. The van der Waals surface area contributed by atoms with Gasteiger partial charge in [0, 0.05) is 23.8 Å². The molecule has 1 aromatic carbocycles. The number of anilines is 2. The summed E-state index contributed by atoms with van der Waals surface area (Å²) in [6.07, 6.45) is 5.40. The van der Waals surface area contributed by atoms with Crippen molar-refractivity contribution < 1.29 is 4.79 Å². The van der Waals surface area contributed by atoms with Crippen LogP contribution in [-0.2, 0) is 11.2 Å². The van der Waals surface area contributed by atoms with E-state index in [0.717, 1.165) is 18.0 Å². The van der Waals surface area contributed by atoms with Crippen molar-refractivity contribution in [1.29, 1.82) is 0 Å². The second-order valence-electron chi connectivity index (χ2n) is 5.58. The zero-order valence-electron chi connectivity index (χ0n) is 10.8. The number of benzene rings is 1. The van der Waals surface area contributed by atoms with Gasteiger partial charge in [0.1, 0.15) is 0 Å². The van der Waals surface area contributed by atoms with Gasteiger partial charge in [0.2, 0.25) is 5.91 Å². The predicted molar refractivity (Wildman–Crippen MR) is 73.8 cm³/mol. The maximum Gasteiger partial charge on any atom is 0.224 e. The van der Waals surface area contributed by atoms with Gasteiger partial charge in [0.05, 0.1) is 0 Å². The first-order valence-electron chi connectivity index (χ1n) is 6.92. The van der Waals surface area contributed by atoms with Gasteiger partial charge in [-0.15, -0.1) is 0 Å². The Morgan fingerprint density at radius 1 is 1.28 bits per heavy atom. The van der Waals surface area contributed by atoms with E-state index in [2.05, 4.69) is 29.7 Å². The number of fused-ring (bicyclic) bond motifs is 1. The Bertz CT molecular complexity index is 470. The van der Waals surface area contributed by atoms with Crippen LogP contribution < -0.4 is 10.6 Å². The average molecular weight is 244 g/mol. The predicted octanol–water partition coefficient (Wildman–Crippen LogP) is 3.17. The van der Waals surface area contributed by atoms with Gasteiger partial charge < -0.3 is 10.6 Å². The van der Waals surface area contributed by atoms with Crippen LogP contribution in [0.3, 0.4) is 0 Å². The van der Waals surface area contributed by atoms with Crippen LogP contribution in [0.2, 0.25) is 0 Å². The molecule has 0 aromatic heterocycles. The van der Waals surface area contributed by atoms with Crippen molar-refractivity contribution in [2.24, 2.45) is 5.92 Å². The highest BCUT2D eigenvalue weighted by molar-refractivity contribution is 5.94. The van der Waals surface area contributed by atoms with Crippen molar-refractivity contribution in [2.45, 2.75) is 45.1 Å². The van der Waals surface area contributed by atoms with E-state index >= 15 is 0 Å². The summed E-state index contributed by atoms with van der Waals surface area (Å²) >= 11 is 0. The molecule has 1 aliphatic carbocycles. The van der Waals surface area contributed by atoms with Crippen LogP contribution in [-0.4, -0.2) is 11.9 Å². The molecule has 2 N–H and O–H groups in total. The second-order valence-corrected chi connectivity index (χ2v) is 5.58. The van der Waals surface area contributed by atoms with E-state index in [1.54, 1.807) is 0 Å². The summed E-state index contributed by atoms with van der Waals surface area (Å²) in [5, 5.41) is 6.56. The zero-order chi connectivity index (χ0) is 12.5. The first-order valence-corrected chi connectivity index (χ1v) is 6.92. The number of hydrogen-bond acceptors (Lipinski definition) is 2. The summed E-state index contributed by atoms with van der Waals surface area (Å²) in [6, 6.07) is 6.91. The summed E-state index contributed by atoms with van der Waals surface area (Å²) in [6.45, 7) is 2.32. The summed E-state index contributed by atoms with van der Waals surface area (Å²) < 4.78 is 0. The van der Waals surface area contributed by atoms with Crippen molar-refractivity contribution in [2.75, 3.05) is 10.6 Å². The van der Waals surface area contributed by atoms with E-state index in [1.807, 2.05) is 6.07 Å².